The fourth-order valence-electron chi connectivity index (χ4n) is 4.85. The number of nitrogens with zero attached hydrogens (tertiary/aromatic N) is 1. The van der Waals surface area contributed by atoms with Gasteiger partial charge in [-0.1, -0.05) is 6.07 Å². The molecule has 2 aliphatic heterocycles. The smallest absolute Gasteiger partial charge is 0.407 e. The third-order valence-electron chi connectivity index (χ3n) is 6.90. The lowest BCUT2D eigenvalue weighted by Gasteiger charge is -2.38. The minimum Gasteiger partial charge on any atom is -0.507 e. The van der Waals surface area contributed by atoms with Crippen LogP contribution in [0.3, 0.4) is 0 Å². The van der Waals surface area contributed by atoms with Crippen LogP contribution in [0.15, 0.2) is 36.4 Å². The van der Waals surface area contributed by atoms with Crippen LogP contribution in [0.4, 0.5) is 4.79 Å². The molecular formula is C30H39N3O7. The summed E-state index contributed by atoms with van der Waals surface area (Å²) in [5.41, 5.74) is 3.31. The zero-order valence-electron chi connectivity index (χ0n) is 24.1. The highest BCUT2D eigenvalue weighted by atomic mass is 16.7. The average Bonchev–Trinajstić information content (AvgIpc) is 3.21. The Morgan fingerprint density at radius 1 is 1.00 bits per heavy atom. The van der Waals surface area contributed by atoms with Crippen molar-refractivity contribution >= 4 is 17.9 Å². The van der Waals surface area contributed by atoms with Crippen LogP contribution in [0.2, 0.25) is 0 Å². The maximum Gasteiger partial charge on any atom is 0.407 e. The summed E-state index contributed by atoms with van der Waals surface area (Å²) in [5.74, 6) is -0.264. The highest BCUT2D eigenvalue weighted by Gasteiger charge is 2.44. The van der Waals surface area contributed by atoms with Crippen molar-refractivity contribution in [1.82, 2.24) is 15.7 Å². The highest BCUT2D eigenvalue weighted by molar-refractivity contribution is 5.99. The topological polar surface area (TPSA) is 126 Å². The molecule has 0 bridgehead atoms. The number of alkyl carbamates (subject to hydrolysis) is 1. The summed E-state index contributed by atoms with van der Waals surface area (Å²) in [7, 11) is 0. The van der Waals surface area contributed by atoms with Crippen LogP contribution in [0.1, 0.15) is 86.2 Å². The van der Waals surface area contributed by atoms with Crippen LogP contribution in [-0.2, 0) is 21.5 Å². The van der Waals surface area contributed by atoms with Crippen molar-refractivity contribution in [2.75, 3.05) is 19.7 Å². The van der Waals surface area contributed by atoms with Crippen LogP contribution < -0.4 is 15.5 Å². The first-order valence-electron chi connectivity index (χ1n) is 13.5. The molecule has 10 heteroatoms. The fraction of sp³-hybridized carbons (Fsp3) is 0.500. The summed E-state index contributed by atoms with van der Waals surface area (Å²) in [6, 6.07) is 10.2. The molecule has 3 amide bonds. The average molecular weight is 554 g/mol. The van der Waals surface area contributed by atoms with Crippen molar-refractivity contribution in [2.45, 2.75) is 77.5 Å². The van der Waals surface area contributed by atoms with Gasteiger partial charge in [0.25, 0.3) is 11.8 Å². The van der Waals surface area contributed by atoms with Crippen LogP contribution in [0.25, 0.3) is 0 Å². The van der Waals surface area contributed by atoms with Gasteiger partial charge in [0.1, 0.15) is 17.1 Å². The van der Waals surface area contributed by atoms with E-state index in [-0.39, 0.29) is 22.6 Å². The predicted octanol–water partition coefficient (Wildman–Crippen LogP) is 4.44. The normalized spacial score (nSPS) is 16.2. The number of likely N-dealkylation sites (tertiary alicyclic amines) is 1. The largest absolute Gasteiger partial charge is 0.507 e. The van der Waals surface area contributed by atoms with Crippen molar-refractivity contribution in [2.24, 2.45) is 0 Å². The number of hydroxylamine groups is 1. The number of aromatic hydroxyl groups is 1. The van der Waals surface area contributed by atoms with E-state index in [1.54, 1.807) is 25.7 Å². The number of amides is 3. The van der Waals surface area contributed by atoms with Gasteiger partial charge in [0.2, 0.25) is 0 Å². The molecule has 2 aromatic rings. The molecule has 2 heterocycles. The second kappa shape index (κ2) is 11.0. The van der Waals surface area contributed by atoms with Gasteiger partial charge in [-0.3, -0.25) is 14.4 Å². The maximum absolute atomic E-state index is 13.2. The first-order chi connectivity index (χ1) is 18.7. The molecule has 1 fully saturated rings. The van der Waals surface area contributed by atoms with Crippen LogP contribution >= 0.6 is 0 Å². The molecule has 0 aliphatic carbocycles. The van der Waals surface area contributed by atoms with Gasteiger partial charge in [-0.2, -0.15) is 0 Å². The summed E-state index contributed by atoms with van der Waals surface area (Å²) in [4.78, 5) is 44.7. The third kappa shape index (κ3) is 6.85. The van der Waals surface area contributed by atoms with E-state index < -0.39 is 23.2 Å². The monoisotopic (exact) mass is 553 g/mol. The summed E-state index contributed by atoms with van der Waals surface area (Å²) in [6.07, 6.45) is 0.958. The highest BCUT2D eigenvalue weighted by Crippen LogP contribution is 2.46. The number of phenolic OH excluding ortho intramolecular Hbond substituents is 1. The Morgan fingerprint density at radius 2 is 1.70 bits per heavy atom. The maximum atomic E-state index is 13.2. The number of hydrogen-bond acceptors (Lipinski definition) is 7. The number of rotatable bonds is 5. The lowest BCUT2D eigenvalue weighted by Crippen LogP contribution is -2.46. The van der Waals surface area contributed by atoms with Crippen molar-refractivity contribution in [3.05, 3.63) is 58.7 Å². The minimum absolute atomic E-state index is 0.0232. The number of carbonyl (C=O) groups excluding carboxylic acids is 3. The zero-order chi connectivity index (χ0) is 29.3. The summed E-state index contributed by atoms with van der Waals surface area (Å²) in [6.45, 7) is 12.7. The van der Waals surface area contributed by atoms with Crippen molar-refractivity contribution in [3.8, 4) is 11.5 Å². The number of phenols is 1. The SMILES string of the molecule is CC(C)(C)ONC(=O)c1ccc(C(=O)N2CCC3(CC2)COc2ccc(CNC(=O)OC(C)(C)C)cc23)cc1O. The van der Waals surface area contributed by atoms with Gasteiger partial charge in [-0.05, 0) is 90.3 Å². The minimum atomic E-state index is -0.591. The van der Waals surface area contributed by atoms with Gasteiger partial charge < -0.3 is 24.8 Å². The summed E-state index contributed by atoms with van der Waals surface area (Å²) >= 11 is 0. The molecule has 0 radical (unpaired) electrons. The molecule has 0 atom stereocenters. The van der Waals surface area contributed by atoms with Crippen molar-refractivity contribution in [3.63, 3.8) is 0 Å². The van der Waals surface area contributed by atoms with Gasteiger partial charge in [0.15, 0.2) is 0 Å². The molecule has 1 spiro atoms. The molecule has 40 heavy (non-hydrogen) atoms. The van der Waals surface area contributed by atoms with E-state index in [2.05, 4.69) is 16.9 Å². The molecule has 10 nitrogen and oxygen atoms in total. The van der Waals surface area contributed by atoms with E-state index in [0.29, 0.717) is 44.6 Å². The van der Waals surface area contributed by atoms with Crippen molar-refractivity contribution in [1.29, 1.82) is 0 Å². The second-order valence-electron chi connectivity index (χ2n) is 12.4. The van der Waals surface area contributed by atoms with E-state index in [0.717, 1.165) is 16.9 Å². The van der Waals surface area contributed by atoms with E-state index in [1.165, 1.54) is 18.2 Å². The number of ether oxygens (including phenoxy) is 2. The van der Waals surface area contributed by atoms with Gasteiger partial charge in [0.05, 0.1) is 17.8 Å². The molecule has 1 saturated heterocycles. The Balaban J connectivity index is 1.38. The molecule has 3 N–H and O–H groups in total. The Bertz CT molecular complexity index is 1290. The Labute approximate surface area is 234 Å². The van der Waals surface area contributed by atoms with Crippen LogP contribution in [0, 0.1) is 0 Å². The predicted molar refractivity (Wildman–Crippen MR) is 148 cm³/mol. The standard InChI is InChI=1S/C30H39N3O7/c1-28(2,3)39-27(37)31-17-19-7-10-24-22(15-19)30(18-38-24)11-13-33(14-12-30)26(36)20-8-9-21(23(34)16-20)25(35)32-40-29(4,5)6/h7-10,15-16,34H,11-14,17-18H2,1-6H3,(H,31,37)(H,32,35). The molecule has 2 aromatic carbocycles. The summed E-state index contributed by atoms with van der Waals surface area (Å²) < 4.78 is 11.3. The van der Waals surface area contributed by atoms with Crippen molar-refractivity contribution < 1.29 is 33.8 Å². The molecule has 216 valence electrons. The molecule has 4 rings (SSSR count). The number of carbonyl (C=O) groups is 3. The number of benzene rings is 2. The number of hydrogen-bond donors (Lipinski definition) is 3. The van der Waals surface area contributed by atoms with Gasteiger partial charge in [0, 0.05) is 36.2 Å². The molecule has 0 aromatic heterocycles. The van der Waals surface area contributed by atoms with Crippen LogP contribution in [0.5, 0.6) is 11.5 Å². The number of nitrogens with one attached hydrogen (secondary N) is 2. The molecule has 0 unspecified atom stereocenters. The molecular weight excluding hydrogens is 514 g/mol. The molecule has 2 aliphatic rings. The van der Waals surface area contributed by atoms with E-state index in [9.17, 15) is 19.5 Å². The van der Waals surface area contributed by atoms with Gasteiger partial charge >= 0.3 is 6.09 Å². The quantitative estimate of drug-likeness (QED) is 0.467. The van der Waals surface area contributed by atoms with Gasteiger partial charge in [-0.25, -0.2) is 10.3 Å². The van der Waals surface area contributed by atoms with E-state index in [1.807, 2.05) is 32.9 Å². The number of fused-ring (bicyclic) bond motifs is 2. The van der Waals surface area contributed by atoms with E-state index in [4.69, 9.17) is 14.3 Å². The van der Waals surface area contributed by atoms with E-state index >= 15 is 0 Å². The lowest BCUT2D eigenvalue weighted by molar-refractivity contribution is -0.0590. The zero-order valence-corrected chi connectivity index (χ0v) is 24.1. The molecule has 0 saturated carbocycles. The fourth-order valence-corrected chi connectivity index (χ4v) is 4.85. The first kappa shape index (κ1) is 29.2. The third-order valence-corrected chi connectivity index (χ3v) is 6.90. The Morgan fingerprint density at radius 3 is 2.33 bits per heavy atom. The lowest BCUT2D eigenvalue weighted by atomic mass is 9.74. The Kier molecular flexibility index (Phi) is 8.03. The summed E-state index contributed by atoms with van der Waals surface area (Å²) in [5, 5.41) is 13.2. The van der Waals surface area contributed by atoms with Crippen LogP contribution in [-0.4, -0.2) is 58.8 Å². The second-order valence-corrected chi connectivity index (χ2v) is 12.4. The van der Waals surface area contributed by atoms with Gasteiger partial charge in [-0.15, -0.1) is 0 Å². The Hall–Kier alpha value is -3.79. The first-order valence-corrected chi connectivity index (χ1v) is 13.5. The number of piperidine rings is 1.